The molecular formula is C20H27N. The summed E-state index contributed by atoms with van der Waals surface area (Å²) in [5.74, 6) is 0. The third-order valence-corrected chi connectivity index (χ3v) is 4.11. The van der Waals surface area contributed by atoms with Crippen molar-refractivity contribution in [2.75, 3.05) is 6.54 Å². The van der Waals surface area contributed by atoms with Crippen LogP contribution in [-0.2, 0) is 6.42 Å². The highest BCUT2D eigenvalue weighted by atomic mass is 14.9. The van der Waals surface area contributed by atoms with Crippen molar-refractivity contribution < 1.29 is 0 Å². The lowest BCUT2D eigenvalue weighted by molar-refractivity contribution is 0.554. The number of hydrogen-bond donors (Lipinski definition) is 1. The van der Waals surface area contributed by atoms with Crippen LogP contribution in [0.1, 0.15) is 47.2 Å². The minimum absolute atomic E-state index is 0.418. The van der Waals surface area contributed by atoms with Gasteiger partial charge in [-0.3, -0.25) is 0 Å². The van der Waals surface area contributed by atoms with E-state index < -0.39 is 0 Å². The molecule has 0 saturated carbocycles. The molecule has 1 heteroatoms. The van der Waals surface area contributed by atoms with Gasteiger partial charge in [-0.15, -0.1) is 0 Å². The number of rotatable bonds is 6. The number of hydrogen-bond acceptors (Lipinski definition) is 1. The molecule has 0 radical (unpaired) electrons. The molecule has 0 aliphatic carbocycles. The summed E-state index contributed by atoms with van der Waals surface area (Å²) in [6, 6.07) is 15.7. The van der Waals surface area contributed by atoms with Gasteiger partial charge >= 0.3 is 0 Å². The summed E-state index contributed by atoms with van der Waals surface area (Å²) in [5, 5.41) is 3.67. The van der Waals surface area contributed by atoms with Gasteiger partial charge in [0, 0.05) is 6.04 Å². The first-order valence-electron chi connectivity index (χ1n) is 7.93. The zero-order valence-corrected chi connectivity index (χ0v) is 13.7. The van der Waals surface area contributed by atoms with Crippen LogP contribution in [0.2, 0.25) is 0 Å². The molecule has 1 nitrogen and oxygen atoms in total. The van der Waals surface area contributed by atoms with E-state index in [9.17, 15) is 0 Å². The van der Waals surface area contributed by atoms with Crippen molar-refractivity contribution in [3.8, 4) is 0 Å². The minimum Gasteiger partial charge on any atom is -0.310 e. The highest BCUT2D eigenvalue weighted by Crippen LogP contribution is 2.23. The maximum atomic E-state index is 3.67. The van der Waals surface area contributed by atoms with Crippen LogP contribution in [0.4, 0.5) is 0 Å². The molecule has 0 spiro atoms. The minimum atomic E-state index is 0.418. The van der Waals surface area contributed by atoms with Gasteiger partial charge in [-0.2, -0.15) is 0 Å². The lowest BCUT2D eigenvalue weighted by Gasteiger charge is -2.20. The normalized spacial score (nSPS) is 12.4. The standard InChI is InChI=1S/C20H27N/c1-15-13-16(2)20(17(3)14-15)18(4)21-12-8-11-19-9-6-5-7-10-19/h5-7,9-10,13-14,18,21H,8,11-12H2,1-4H3. The lowest BCUT2D eigenvalue weighted by Crippen LogP contribution is -2.22. The highest BCUT2D eigenvalue weighted by Gasteiger charge is 2.11. The first-order valence-corrected chi connectivity index (χ1v) is 7.93. The van der Waals surface area contributed by atoms with E-state index in [-0.39, 0.29) is 0 Å². The largest absolute Gasteiger partial charge is 0.310 e. The van der Waals surface area contributed by atoms with Gasteiger partial charge in [0.2, 0.25) is 0 Å². The maximum Gasteiger partial charge on any atom is 0.0297 e. The Hall–Kier alpha value is -1.60. The van der Waals surface area contributed by atoms with Crippen molar-refractivity contribution in [3.63, 3.8) is 0 Å². The van der Waals surface area contributed by atoms with E-state index in [1.54, 1.807) is 0 Å². The molecule has 2 rings (SSSR count). The van der Waals surface area contributed by atoms with E-state index >= 15 is 0 Å². The number of aryl methyl sites for hydroxylation is 4. The molecule has 0 fully saturated rings. The molecule has 1 N–H and O–H groups in total. The van der Waals surface area contributed by atoms with Crippen molar-refractivity contribution in [1.82, 2.24) is 5.32 Å². The molecule has 112 valence electrons. The summed E-state index contributed by atoms with van der Waals surface area (Å²) in [6.07, 6.45) is 2.32. The van der Waals surface area contributed by atoms with Crippen LogP contribution in [0.3, 0.4) is 0 Å². The van der Waals surface area contributed by atoms with Crippen molar-refractivity contribution in [1.29, 1.82) is 0 Å². The van der Waals surface area contributed by atoms with Gasteiger partial charge < -0.3 is 5.32 Å². The van der Waals surface area contributed by atoms with Crippen LogP contribution in [0.15, 0.2) is 42.5 Å². The van der Waals surface area contributed by atoms with Crippen molar-refractivity contribution in [2.24, 2.45) is 0 Å². The van der Waals surface area contributed by atoms with Crippen molar-refractivity contribution in [2.45, 2.75) is 46.6 Å². The molecule has 0 saturated heterocycles. The topological polar surface area (TPSA) is 12.0 Å². The average molecular weight is 281 g/mol. The second kappa shape index (κ2) is 7.42. The fraction of sp³-hybridized carbons (Fsp3) is 0.400. The Morgan fingerprint density at radius 3 is 2.19 bits per heavy atom. The van der Waals surface area contributed by atoms with E-state index in [1.165, 1.54) is 34.2 Å². The van der Waals surface area contributed by atoms with Gasteiger partial charge in [0.25, 0.3) is 0 Å². The summed E-state index contributed by atoms with van der Waals surface area (Å²) in [4.78, 5) is 0. The summed E-state index contributed by atoms with van der Waals surface area (Å²) >= 11 is 0. The zero-order chi connectivity index (χ0) is 15.2. The summed E-state index contributed by atoms with van der Waals surface area (Å²) < 4.78 is 0. The Labute approximate surface area is 129 Å². The average Bonchev–Trinajstić information content (AvgIpc) is 2.43. The van der Waals surface area contributed by atoms with Crippen molar-refractivity contribution >= 4 is 0 Å². The first-order chi connectivity index (χ1) is 10.1. The second-order valence-corrected chi connectivity index (χ2v) is 6.08. The Balaban J connectivity index is 1.86. The van der Waals surface area contributed by atoms with Gasteiger partial charge in [0.1, 0.15) is 0 Å². The van der Waals surface area contributed by atoms with Crippen LogP contribution in [0.25, 0.3) is 0 Å². The maximum absolute atomic E-state index is 3.67. The lowest BCUT2D eigenvalue weighted by atomic mass is 9.95. The monoisotopic (exact) mass is 281 g/mol. The Kier molecular flexibility index (Phi) is 5.58. The van der Waals surface area contributed by atoms with E-state index in [4.69, 9.17) is 0 Å². The smallest absolute Gasteiger partial charge is 0.0297 e. The van der Waals surface area contributed by atoms with E-state index in [1.807, 2.05) is 0 Å². The van der Waals surface area contributed by atoms with Crippen LogP contribution in [0, 0.1) is 20.8 Å². The van der Waals surface area contributed by atoms with E-state index in [0.29, 0.717) is 6.04 Å². The van der Waals surface area contributed by atoms with Crippen LogP contribution >= 0.6 is 0 Å². The molecular weight excluding hydrogens is 254 g/mol. The van der Waals surface area contributed by atoms with Gasteiger partial charge in [0.05, 0.1) is 0 Å². The Morgan fingerprint density at radius 2 is 1.57 bits per heavy atom. The third kappa shape index (κ3) is 4.44. The van der Waals surface area contributed by atoms with Crippen molar-refractivity contribution in [3.05, 3.63) is 70.3 Å². The van der Waals surface area contributed by atoms with Gasteiger partial charge in [-0.25, -0.2) is 0 Å². The molecule has 0 aliphatic rings. The molecule has 0 heterocycles. The van der Waals surface area contributed by atoms with Gasteiger partial charge in [-0.05, 0) is 69.3 Å². The second-order valence-electron chi connectivity index (χ2n) is 6.08. The predicted molar refractivity (Wildman–Crippen MR) is 91.8 cm³/mol. The SMILES string of the molecule is Cc1cc(C)c(C(C)NCCCc2ccccc2)c(C)c1. The van der Waals surface area contributed by atoms with Gasteiger partial charge in [-0.1, -0.05) is 48.0 Å². The molecule has 2 aromatic carbocycles. The fourth-order valence-electron chi connectivity index (χ4n) is 3.23. The summed E-state index contributed by atoms with van der Waals surface area (Å²) in [5.41, 5.74) is 7.03. The molecule has 0 aliphatic heterocycles. The van der Waals surface area contributed by atoms with E-state index in [2.05, 4.69) is 75.5 Å². The molecule has 1 unspecified atom stereocenters. The fourth-order valence-corrected chi connectivity index (χ4v) is 3.23. The molecule has 21 heavy (non-hydrogen) atoms. The Morgan fingerprint density at radius 1 is 0.952 bits per heavy atom. The predicted octanol–water partition coefficient (Wildman–Crippen LogP) is 4.90. The molecule has 2 aromatic rings. The molecule has 1 atom stereocenters. The van der Waals surface area contributed by atoms with Gasteiger partial charge in [0.15, 0.2) is 0 Å². The molecule has 0 bridgehead atoms. The third-order valence-electron chi connectivity index (χ3n) is 4.11. The van der Waals surface area contributed by atoms with Crippen LogP contribution in [0.5, 0.6) is 0 Å². The summed E-state index contributed by atoms with van der Waals surface area (Å²) in [6.45, 7) is 9.94. The van der Waals surface area contributed by atoms with Crippen LogP contribution in [-0.4, -0.2) is 6.54 Å². The summed E-state index contributed by atoms with van der Waals surface area (Å²) in [7, 11) is 0. The highest BCUT2D eigenvalue weighted by molar-refractivity contribution is 5.39. The Bertz CT molecular complexity index is 549. The zero-order valence-electron chi connectivity index (χ0n) is 13.7. The van der Waals surface area contributed by atoms with E-state index in [0.717, 1.165) is 13.0 Å². The molecule has 0 aromatic heterocycles. The van der Waals surface area contributed by atoms with Crippen LogP contribution < -0.4 is 5.32 Å². The number of nitrogens with one attached hydrogen (secondary N) is 1. The quantitative estimate of drug-likeness (QED) is 0.743. The molecule has 0 amide bonds. The first kappa shape index (κ1) is 15.8. The number of benzene rings is 2.